The number of nitrogens with one attached hydrogen (secondary N) is 1. The van der Waals surface area contributed by atoms with Crippen LogP contribution < -0.4 is 5.32 Å². The molecule has 0 bridgehead atoms. The van der Waals surface area contributed by atoms with Gasteiger partial charge in [-0.3, -0.25) is 4.68 Å². The average molecular weight is 301 g/mol. The van der Waals surface area contributed by atoms with Crippen LogP contribution in [0.25, 0.3) is 0 Å². The summed E-state index contributed by atoms with van der Waals surface area (Å²) in [7, 11) is 1.99. The van der Waals surface area contributed by atoms with Crippen molar-refractivity contribution in [1.82, 2.24) is 15.1 Å². The first-order valence-electron chi connectivity index (χ1n) is 7.96. The maximum Gasteiger partial charge on any atom is 0.0644 e. The lowest BCUT2D eigenvalue weighted by Gasteiger charge is -2.24. The Balaban J connectivity index is 2.19. The smallest absolute Gasteiger partial charge is 0.0644 e. The van der Waals surface area contributed by atoms with Gasteiger partial charge >= 0.3 is 0 Å². The van der Waals surface area contributed by atoms with Gasteiger partial charge in [0.05, 0.1) is 5.69 Å². The van der Waals surface area contributed by atoms with Gasteiger partial charge < -0.3 is 10.4 Å². The Morgan fingerprint density at radius 3 is 2.45 bits per heavy atom. The van der Waals surface area contributed by atoms with Crippen LogP contribution >= 0.6 is 0 Å². The number of benzene rings is 1. The van der Waals surface area contributed by atoms with E-state index in [1.807, 2.05) is 17.8 Å². The standard InChI is InChI=1S/C18H27N3O/c1-13(18-14(2)20-21(4)15(18)3)19-17(11-8-12-22)16-9-6-5-7-10-16/h5-7,9-10,13,17,19,22H,8,11-12H2,1-4H3. The third-order valence-corrected chi connectivity index (χ3v) is 4.30. The van der Waals surface area contributed by atoms with E-state index in [4.69, 9.17) is 5.11 Å². The molecule has 4 nitrogen and oxygen atoms in total. The summed E-state index contributed by atoms with van der Waals surface area (Å²) in [6, 6.07) is 10.9. The summed E-state index contributed by atoms with van der Waals surface area (Å²) in [6.45, 7) is 6.58. The second-order valence-corrected chi connectivity index (χ2v) is 5.93. The summed E-state index contributed by atoms with van der Waals surface area (Å²) >= 11 is 0. The number of nitrogens with zero attached hydrogens (tertiary/aromatic N) is 2. The van der Waals surface area contributed by atoms with Crippen LogP contribution in [-0.2, 0) is 7.05 Å². The molecule has 0 aliphatic rings. The van der Waals surface area contributed by atoms with Crippen molar-refractivity contribution in [3.8, 4) is 0 Å². The second-order valence-electron chi connectivity index (χ2n) is 5.93. The first-order valence-corrected chi connectivity index (χ1v) is 7.96. The highest BCUT2D eigenvalue weighted by Gasteiger charge is 2.20. The van der Waals surface area contributed by atoms with Gasteiger partial charge in [-0.15, -0.1) is 0 Å². The number of aliphatic hydroxyl groups is 1. The van der Waals surface area contributed by atoms with Crippen LogP contribution in [0.1, 0.15) is 54.4 Å². The van der Waals surface area contributed by atoms with Crippen molar-refractivity contribution in [2.75, 3.05) is 6.61 Å². The van der Waals surface area contributed by atoms with Crippen molar-refractivity contribution in [2.24, 2.45) is 7.05 Å². The fourth-order valence-electron chi connectivity index (χ4n) is 3.13. The molecule has 2 rings (SSSR count). The van der Waals surface area contributed by atoms with Gasteiger partial charge in [0.2, 0.25) is 0 Å². The van der Waals surface area contributed by atoms with E-state index < -0.39 is 0 Å². The molecular formula is C18H27N3O. The highest BCUT2D eigenvalue weighted by molar-refractivity contribution is 5.28. The van der Waals surface area contributed by atoms with Crippen molar-refractivity contribution in [1.29, 1.82) is 0 Å². The molecule has 2 unspecified atom stereocenters. The van der Waals surface area contributed by atoms with Crippen LogP contribution in [0.15, 0.2) is 30.3 Å². The van der Waals surface area contributed by atoms with Crippen molar-refractivity contribution in [2.45, 2.75) is 45.7 Å². The Labute approximate surface area is 133 Å². The fourth-order valence-corrected chi connectivity index (χ4v) is 3.13. The third kappa shape index (κ3) is 3.76. The maximum atomic E-state index is 9.16. The molecule has 0 spiro atoms. The molecule has 0 aliphatic heterocycles. The Kier molecular flexibility index (Phi) is 5.75. The van der Waals surface area contributed by atoms with Gasteiger partial charge in [0.25, 0.3) is 0 Å². The Bertz CT molecular complexity index is 592. The van der Waals surface area contributed by atoms with Crippen molar-refractivity contribution in [3.05, 3.63) is 52.8 Å². The summed E-state index contributed by atoms with van der Waals surface area (Å²) < 4.78 is 1.94. The molecule has 120 valence electrons. The molecule has 0 radical (unpaired) electrons. The van der Waals surface area contributed by atoms with E-state index in [-0.39, 0.29) is 18.7 Å². The van der Waals surface area contributed by atoms with Crippen molar-refractivity contribution in [3.63, 3.8) is 0 Å². The Hall–Kier alpha value is -1.65. The molecule has 22 heavy (non-hydrogen) atoms. The van der Waals surface area contributed by atoms with E-state index >= 15 is 0 Å². The molecule has 0 saturated heterocycles. The van der Waals surface area contributed by atoms with Crippen LogP contribution in [0, 0.1) is 13.8 Å². The van der Waals surface area contributed by atoms with E-state index in [0.717, 1.165) is 18.5 Å². The first-order chi connectivity index (χ1) is 10.5. The van der Waals surface area contributed by atoms with Gasteiger partial charge in [-0.25, -0.2) is 0 Å². The summed E-state index contributed by atoms with van der Waals surface area (Å²) in [6.07, 6.45) is 1.72. The van der Waals surface area contributed by atoms with Gasteiger partial charge in [-0.2, -0.15) is 5.10 Å². The Morgan fingerprint density at radius 2 is 1.91 bits per heavy atom. The maximum absolute atomic E-state index is 9.16. The molecule has 1 aromatic heterocycles. The van der Waals surface area contributed by atoms with Gasteiger partial charge in [0, 0.05) is 37.0 Å². The zero-order valence-electron chi connectivity index (χ0n) is 14.0. The largest absolute Gasteiger partial charge is 0.396 e. The number of aliphatic hydroxyl groups excluding tert-OH is 1. The summed E-state index contributed by atoms with van der Waals surface area (Å²) in [5.41, 5.74) is 4.81. The van der Waals surface area contributed by atoms with Gasteiger partial charge in [-0.05, 0) is 39.2 Å². The lowest BCUT2D eigenvalue weighted by Crippen LogP contribution is -2.25. The zero-order valence-corrected chi connectivity index (χ0v) is 14.0. The molecule has 1 aromatic carbocycles. The number of rotatable bonds is 7. The second kappa shape index (κ2) is 7.56. The monoisotopic (exact) mass is 301 g/mol. The van der Waals surface area contributed by atoms with E-state index in [9.17, 15) is 0 Å². The van der Waals surface area contributed by atoms with Crippen LogP contribution in [0.2, 0.25) is 0 Å². The SMILES string of the molecule is Cc1nn(C)c(C)c1C(C)NC(CCCO)c1ccccc1. The molecule has 0 amide bonds. The summed E-state index contributed by atoms with van der Waals surface area (Å²) in [5, 5.41) is 17.4. The van der Waals surface area contributed by atoms with Crippen LogP contribution in [0.3, 0.4) is 0 Å². The van der Waals surface area contributed by atoms with E-state index in [1.54, 1.807) is 0 Å². The number of aryl methyl sites for hydroxylation is 2. The molecule has 0 fully saturated rings. The summed E-state index contributed by atoms with van der Waals surface area (Å²) in [4.78, 5) is 0. The quantitative estimate of drug-likeness (QED) is 0.825. The lowest BCUT2D eigenvalue weighted by atomic mass is 9.99. The topological polar surface area (TPSA) is 50.1 Å². The normalized spacial score (nSPS) is 14.0. The zero-order chi connectivity index (χ0) is 16.1. The predicted molar refractivity (Wildman–Crippen MR) is 89.7 cm³/mol. The van der Waals surface area contributed by atoms with Gasteiger partial charge in [0.15, 0.2) is 0 Å². The average Bonchev–Trinajstić information content (AvgIpc) is 2.77. The van der Waals surface area contributed by atoms with Gasteiger partial charge in [0.1, 0.15) is 0 Å². The molecule has 0 aliphatic carbocycles. The van der Waals surface area contributed by atoms with Crippen LogP contribution in [0.5, 0.6) is 0 Å². The lowest BCUT2D eigenvalue weighted by molar-refractivity contribution is 0.272. The van der Waals surface area contributed by atoms with Crippen LogP contribution in [0.4, 0.5) is 0 Å². The minimum Gasteiger partial charge on any atom is -0.396 e. The summed E-state index contributed by atoms with van der Waals surface area (Å²) in [5.74, 6) is 0. The molecule has 1 heterocycles. The first kappa shape index (κ1) is 16.7. The fraction of sp³-hybridized carbons (Fsp3) is 0.500. The third-order valence-electron chi connectivity index (χ3n) is 4.30. The highest BCUT2D eigenvalue weighted by atomic mass is 16.2. The predicted octanol–water partition coefficient (Wildman–Crippen LogP) is 3.20. The van der Waals surface area contributed by atoms with Crippen LogP contribution in [-0.4, -0.2) is 21.5 Å². The number of aromatic nitrogens is 2. The van der Waals surface area contributed by atoms with E-state index in [2.05, 4.69) is 55.5 Å². The molecular weight excluding hydrogens is 274 g/mol. The van der Waals surface area contributed by atoms with Gasteiger partial charge in [-0.1, -0.05) is 30.3 Å². The number of hydrogen-bond acceptors (Lipinski definition) is 3. The highest BCUT2D eigenvalue weighted by Crippen LogP contribution is 2.26. The minimum atomic E-state index is 0.220. The van der Waals surface area contributed by atoms with Crippen molar-refractivity contribution >= 4 is 0 Å². The van der Waals surface area contributed by atoms with E-state index in [0.29, 0.717) is 0 Å². The van der Waals surface area contributed by atoms with Crippen molar-refractivity contribution < 1.29 is 5.11 Å². The molecule has 2 aromatic rings. The molecule has 2 atom stereocenters. The molecule has 4 heteroatoms. The van der Waals surface area contributed by atoms with E-state index in [1.165, 1.54) is 16.8 Å². The minimum absolute atomic E-state index is 0.220. The molecule has 0 saturated carbocycles. The molecule has 2 N–H and O–H groups in total. The number of hydrogen-bond donors (Lipinski definition) is 2. The Morgan fingerprint density at radius 1 is 1.23 bits per heavy atom.